The molecule has 0 saturated carbocycles. The summed E-state index contributed by atoms with van der Waals surface area (Å²) in [7, 11) is 0. The van der Waals surface area contributed by atoms with E-state index in [1.54, 1.807) is 11.3 Å². The Bertz CT molecular complexity index is 1080. The van der Waals surface area contributed by atoms with E-state index in [1.807, 2.05) is 19.1 Å². The first kappa shape index (κ1) is 22.2. The second-order valence-electron chi connectivity index (χ2n) is 9.30. The van der Waals surface area contributed by atoms with Gasteiger partial charge in [-0.1, -0.05) is 41.7 Å². The van der Waals surface area contributed by atoms with E-state index in [1.165, 1.54) is 5.56 Å². The predicted molar refractivity (Wildman–Crippen MR) is 135 cm³/mol. The number of ether oxygens (including phenoxy) is 1. The van der Waals surface area contributed by atoms with E-state index in [0.717, 1.165) is 79.4 Å². The van der Waals surface area contributed by atoms with Gasteiger partial charge in [-0.15, -0.1) is 0 Å². The van der Waals surface area contributed by atoms with Crippen LogP contribution >= 0.6 is 11.3 Å². The van der Waals surface area contributed by atoms with Crippen molar-refractivity contribution in [2.24, 2.45) is 11.8 Å². The van der Waals surface area contributed by atoms with Crippen LogP contribution in [0.4, 0.5) is 5.13 Å². The Morgan fingerprint density at radius 2 is 1.91 bits per heavy atom. The highest BCUT2D eigenvalue weighted by atomic mass is 32.1. The third-order valence-electron chi connectivity index (χ3n) is 6.99. The van der Waals surface area contributed by atoms with Gasteiger partial charge >= 0.3 is 0 Å². The summed E-state index contributed by atoms with van der Waals surface area (Å²) in [6.45, 7) is 6.21. The molecule has 174 valence electrons. The number of rotatable bonds is 6. The molecule has 2 fully saturated rings. The molecule has 1 atom stereocenters. The molecule has 0 radical (unpaired) electrons. The minimum Gasteiger partial charge on any atom is -0.494 e. The molecule has 0 aliphatic carbocycles. The average molecular weight is 464 g/mol. The number of hydrogen-bond acceptors (Lipinski definition) is 5. The van der Waals surface area contributed by atoms with Crippen LogP contribution in [0.2, 0.25) is 0 Å². The van der Waals surface area contributed by atoms with Crippen LogP contribution in [-0.4, -0.2) is 48.6 Å². The van der Waals surface area contributed by atoms with Crippen molar-refractivity contribution in [3.63, 3.8) is 0 Å². The minimum atomic E-state index is 0.0791. The Hall–Kier alpha value is -2.60. The first-order valence-electron chi connectivity index (χ1n) is 12.3. The molecular formula is C27H33N3O2S. The zero-order valence-corrected chi connectivity index (χ0v) is 20.2. The van der Waals surface area contributed by atoms with Gasteiger partial charge in [0.15, 0.2) is 5.13 Å². The number of nitrogens with zero attached hydrogens (tertiary/aromatic N) is 3. The largest absolute Gasteiger partial charge is 0.494 e. The number of fused-ring (bicyclic) bond motifs is 1. The fourth-order valence-corrected chi connectivity index (χ4v) is 6.23. The second-order valence-corrected chi connectivity index (χ2v) is 10.3. The van der Waals surface area contributed by atoms with Crippen molar-refractivity contribution < 1.29 is 9.53 Å². The summed E-state index contributed by atoms with van der Waals surface area (Å²) in [5, 5.41) is 1.03. The van der Waals surface area contributed by atoms with E-state index < -0.39 is 0 Å². The molecule has 0 bridgehead atoms. The molecule has 33 heavy (non-hydrogen) atoms. The molecule has 5 rings (SSSR count). The maximum absolute atomic E-state index is 13.3. The number of benzene rings is 2. The van der Waals surface area contributed by atoms with E-state index in [2.05, 4.69) is 46.2 Å². The lowest BCUT2D eigenvalue weighted by molar-refractivity contribution is -0.137. The van der Waals surface area contributed by atoms with Gasteiger partial charge in [-0.3, -0.25) is 4.79 Å². The zero-order valence-electron chi connectivity index (χ0n) is 19.4. The van der Waals surface area contributed by atoms with Gasteiger partial charge in [0.25, 0.3) is 0 Å². The Kier molecular flexibility index (Phi) is 6.81. The molecule has 3 heterocycles. The van der Waals surface area contributed by atoms with Crippen LogP contribution in [-0.2, 0) is 11.2 Å². The molecule has 0 spiro atoms. The molecule has 2 aliphatic heterocycles. The van der Waals surface area contributed by atoms with Crippen LogP contribution in [0.5, 0.6) is 5.75 Å². The monoisotopic (exact) mass is 463 g/mol. The average Bonchev–Trinajstić information content (AvgIpc) is 3.29. The van der Waals surface area contributed by atoms with Gasteiger partial charge in [0.1, 0.15) is 5.75 Å². The summed E-state index contributed by atoms with van der Waals surface area (Å²) in [4.78, 5) is 22.7. The van der Waals surface area contributed by atoms with Gasteiger partial charge in [0, 0.05) is 26.2 Å². The molecule has 1 aromatic heterocycles. The molecule has 5 nitrogen and oxygen atoms in total. The number of likely N-dealkylation sites (tertiary alicyclic amines) is 1. The fourth-order valence-electron chi connectivity index (χ4n) is 5.20. The Labute approximate surface area is 200 Å². The Balaban J connectivity index is 1.18. The topological polar surface area (TPSA) is 45.7 Å². The first-order chi connectivity index (χ1) is 16.2. The molecule has 3 aromatic rings. The first-order valence-corrected chi connectivity index (χ1v) is 13.1. The molecule has 2 aliphatic rings. The fraction of sp³-hybridized carbons (Fsp3) is 0.481. The Morgan fingerprint density at radius 3 is 2.70 bits per heavy atom. The van der Waals surface area contributed by atoms with Gasteiger partial charge in [0.2, 0.25) is 5.91 Å². The van der Waals surface area contributed by atoms with Gasteiger partial charge in [-0.2, -0.15) is 0 Å². The van der Waals surface area contributed by atoms with Crippen molar-refractivity contribution in [2.45, 2.75) is 39.0 Å². The van der Waals surface area contributed by atoms with Gasteiger partial charge < -0.3 is 14.5 Å². The normalized spacial score (nSPS) is 19.7. The number of amides is 1. The van der Waals surface area contributed by atoms with E-state index in [9.17, 15) is 4.79 Å². The lowest BCUT2D eigenvalue weighted by Gasteiger charge is -2.38. The molecule has 2 aromatic carbocycles. The smallest absolute Gasteiger partial charge is 0.227 e. The van der Waals surface area contributed by atoms with E-state index >= 15 is 0 Å². The van der Waals surface area contributed by atoms with Crippen LogP contribution < -0.4 is 9.64 Å². The molecule has 1 amide bonds. The molecule has 2 saturated heterocycles. The van der Waals surface area contributed by atoms with Crippen LogP contribution in [0.3, 0.4) is 0 Å². The number of carbonyl (C=O) groups is 1. The highest BCUT2D eigenvalue weighted by molar-refractivity contribution is 7.22. The lowest BCUT2D eigenvalue weighted by atomic mass is 9.89. The van der Waals surface area contributed by atoms with Crippen LogP contribution in [0.1, 0.15) is 38.2 Å². The van der Waals surface area contributed by atoms with Crippen LogP contribution in [0, 0.1) is 11.8 Å². The summed E-state index contributed by atoms with van der Waals surface area (Å²) < 4.78 is 6.78. The quantitative estimate of drug-likeness (QED) is 0.492. The van der Waals surface area contributed by atoms with Crippen LogP contribution in [0.15, 0.2) is 48.5 Å². The second kappa shape index (κ2) is 10.1. The third kappa shape index (κ3) is 5.16. The van der Waals surface area contributed by atoms with Crippen molar-refractivity contribution in [1.29, 1.82) is 0 Å². The van der Waals surface area contributed by atoms with Gasteiger partial charge in [-0.25, -0.2) is 4.98 Å². The molecule has 0 N–H and O–H groups in total. The number of thiazole rings is 1. The van der Waals surface area contributed by atoms with E-state index in [-0.39, 0.29) is 5.92 Å². The zero-order chi connectivity index (χ0) is 22.6. The minimum absolute atomic E-state index is 0.0791. The number of aromatic nitrogens is 1. The van der Waals surface area contributed by atoms with Crippen molar-refractivity contribution in [3.05, 3.63) is 54.1 Å². The van der Waals surface area contributed by atoms with Crippen molar-refractivity contribution in [2.75, 3.05) is 37.7 Å². The number of carbonyl (C=O) groups excluding carboxylic acids is 1. The summed E-state index contributed by atoms with van der Waals surface area (Å²) in [6.07, 6.45) is 5.37. The highest BCUT2D eigenvalue weighted by Crippen LogP contribution is 2.34. The molecule has 6 heteroatoms. The summed E-state index contributed by atoms with van der Waals surface area (Å²) in [5.41, 5.74) is 2.42. The van der Waals surface area contributed by atoms with Crippen molar-refractivity contribution in [1.82, 2.24) is 9.88 Å². The maximum Gasteiger partial charge on any atom is 0.227 e. The SMILES string of the molecule is CCOc1ccc2nc(N3CCCC(C(=O)N4CCC(Cc5ccccc5)CC4)C3)sc2c1. The molecular weight excluding hydrogens is 430 g/mol. The number of piperidine rings is 2. The van der Waals surface area contributed by atoms with Crippen LogP contribution in [0.25, 0.3) is 10.2 Å². The maximum atomic E-state index is 13.3. The lowest BCUT2D eigenvalue weighted by Crippen LogP contribution is -2.47. The summed E-state index contributed by atoms with van der Waals surface area (Å²) in [5.74, 6) is 2.00. The number of anilines is 1. The highest BCUT2D eigenvalue weighted by Gasteiger charge is 2.32. The predicted octanol–water partition coefficient (Wildman–Crippen LogP) is 5.39. The Morgan fingerprint density at radius 1 is 1.09 bits per heavy atom. The summed E-state index contributed by atoms with van der Waals surface area (Å²) in [6, 6.07) is 16.8. The van der Waals surface area contributed by atoms with E-state index in [0.29, 0.717) is 18.4 Å². The molecule has 1 unspecified atom stereocenters. The number of hydrogen-bond donors (Lipinski definition) is 0. The van der Waals surface area contributed by atoms with Crippen molar-refractivity contribution in [3.8, 4) is 5.75 Å². The van der Waals surface area contributed by atoms with Gasteiger partial charge in [-0.05, 0) is 68.7 Å². The standard InChI is InChI=1S/C27H33N3O2S/c1-2-32-23-10-11-24-25(18-23)33-27(28-24)30-14-6-9-22(19-30)26(31)29-15-12-21(13-16-29)17-20-7-4-3-5-8-20/h3-5,7-8,10-11,18,21-22H,2,6,9,12-17,19H2,1H3. The van der Waals surface area contributed by atoms with Crippen molar-refractivity contribution >= 4 is 32.6 Å². The van der Waals surface area contributed by atoms with E-state index in [4.69, 9.17) is 9.72 Å². The van der Waals surface area contributed by atoms with Gasteiger partial charge in [0.05, 0.1) is 22.7 Å². The third-order valence-corrected chi connectivity index (χ3v) is 8.07. The summed E-state index contributed by atoms with van der Waals surface area (Å²) >= 11 is 1.70.